The Labute approximate surface area is 164 Å². The molecule has 2 aromatic carbocycles. The van der Waals surface area contributed by atoms with Crippen molar-refractivity contribution in [2.45, 2.75) is 0 Å². The molecule has 0 aliphatic rings. The van der Waals surface area contributed by atoms with E-state index >= 15 is 0 Å². The maximum atomic E-state index is 12.9. The van der Waals surface area contributed by atoms with Crippen LogP contribution in [0.4, 0.5) is 5.69 Å². The van der Waals surface area contributed by atoms with Crippen LogP contribution in [0.1, 0.15) is 10.4 Å². The number of aromatic nitrogens is 3. The zero-order valence-electron chi connectivity index (χ0n) is 14.2. The fraction of sp³-hybridized carbons (Fsp3) is 0. The van der Waals surface area contributed by atoms with Crippen LogP contribution in [0.3, 0.4) is 0 Å². The van der Waals surface area contributed by atoms with Gasteiger partial charge in [0, 0.05) is 34.3 Å². The molecule has 5 nitrogen and oxygen atoms in total. The predicted molar refractivity (Wildman–Crippen MR) is 109 cm³/mol. The molecule has 132 valence electrons. The third kappa shape index (κ3) is 3.80. The second-order valence-electron chi connectivity index (χ2n) is 5.87. The van der Waals surface area contributed by atoms with Gasteiger partial charge < -0.3 is 5.32 Å². The smallest absolute Gasteiger partial charge is 0.259 e. The summed E-state index contributed by atoms with van der Waals surface area (Å²) in [5, 5.41) is 7.56. The molecule has 0 bridgehead atoms. The van der Waals surface area contributed by atoms with Crippen molar-refractivity contribution in [1.82, 2.24) is 14.8 Å². The second-order valence-corrected chi connectivity index (χ2v) is 6.79. The lowest BCUT2D eigenvalue weighted by molar-refractivity contribution is 0.102. The van der Waals surface area contributed by atoms with Crippen molar-refractivity contribution >= 4 is 27.5 Å². The highest BCUT2D eigenvalue weighted by molar-refractivity contribution is 9.10. The monoisotopic (exact) mass is 418 g/mol. The first kappa shape index (κ1) is 17.2. The molecule has 0 fully saturated rings. The topological polar surface area (TPSA) is 59.8 Å². The van der Waals surface area contributed by atoms with E-state index in [4.69, 9.17) is 0 Å². The van der Waals surface area contributed by atoms with Crippen molar-refractivity contribution in [2.75, 3.05) is 5.32 Å². The highest BCUT2D eigenvalue weighted by Gasteiger charge is 2.19. The Bertz CT molecular complexity index is 1060. The average Bonchev–Trinajstić information content (AvgIpc) is 3.17. The van der Waals surface area contributed by atoms with Crippen molar-refractivity contribution in [3.8, 4) is 16.9 Å². The first-order chi connectivity index (χ1) is 13.2. The summed E-state index contributed by atoms with van der Waals surface area (Å²) in [5.74, 6) is -0.224. The minimum Gasteiger partial charge on any atom is -0.322 e. The van der Waals surface area contributed by atoms with Gasteiger partial charge in [0.15, 0.2) is 0 Å². The number of benzene rings is 2. The van der Waals surface area contributed by atoms with E-state index in [1.165, 1.54) is 0 Å². The largest absolute Gasteiger partial charge is 0.322 e. The fourth-order valence-electron chi connectivity index (χ4n) is 2.70. The second kappa shape index (κ2) is 7.55. The molecule has 0 saturated heterocycles. The van der Waals surface area contributed by atoms with Gasteiger partial charge in [-0.2, -0.15) is 5.10 Å². The molecular weight excluding hydrogens is 404 g/mol. The zero-order chi connectivity index (χ0) is 18.6. The lowest BCUT2D eigenvalue weighted by atomic mass is 10.1. The van der Waals surface area contributed by atoms with Crippen LogP contribution in [-0.4, -0.2) is 20.7 Å². The lowest BCUT2D eigenvalue weighted by Crippen LogP contribution is -2.12. The summed E-state index contributed by atoms with van der Waals surface area (Å²) < 4.78 is 2.66. The van der Waals surface area contributed by atoms with Crippen molar-refractivity contribution in [3.63, 3.8) is 0 Å². The maximum absolute atomic E-state index is 12.9. The molecule has 1 N–H and O–H groups in total. The number of halogens is 1. The molecule has 0 saturated carbocycles. The van der Waals surface area contributed by atoms with E-state index in [0.29, 0.717) is 16.9 Å². The summed E-state index contributed by atoms with van der Waals surface area (Å²) in [6.07, 6.45) is 5.14. The SMILES string of the molecule is O=C(Nc1ccc(Br)cc1)c1cn(-c2ccccc2)nc1-c1cccnc1. The van der Waals surface area contributed by atoms with Gasteiger partial charge in [0.05, 0.1) is 11.3 Å². The normalized spacial score (nSPS) is 10.6. The number of hydrogen-bond donors (Lipinski definition) is 1. The van der Waals surface area contributed by atoms with Crippen LogP contribution >= 0.6 is 15.9 Å². The molecule has 2 heterocycles. The van der Waals surface area contributed by atoms with E-state index in [1.54, 1.807) is 23.3 Å². The van der Waals surface area contributed by atoms with E-state index in [2.05, 4.69) is 31.3 Å². The van der Waals surface area contributed by atoms with E-state index in [1.807, 2.05) is 66.7 Å². The first-order valence-electron chi connectivity index (χ1n) is 8.33. The maximum Gasteiger partial charge on any atom is 0.259 e. The molecule has 0 spiro atoms. The van der Waals surface area contributed by atoms with Gasteiger partial charge >= 0.3 is 0 Å². The van der Waals surface area contributed by atoms with Gasteiger partial charge in [-0.25, -0.2) is 4.68 Å². The predicted octanol–water partition coefficient (Wildman–Crippen LogP) is 4.95. The minimum atomic E-state index is -0.224. The number of para-hydroxylation sites is 1. The molecule has 0 aliphatic heterocycles. The lowest BCUT2D eigenvalue weighted by Gasteiger charge is -2.05. The number of anilines is 1. The molecule has 6 heteroatoms. The van der Waals surface area contributed by atoms with E-state index in [9.17, 15) is 4.79 Å². The molecule has 0 radical (unpaired) electrons. The van der Waals surface area contributed by atoms with Crippen molar-refractivity contribution in [2.24, 2.45) is 0 Å². The molecular formula is C21H15BrN4O. The molecule has 0 atom stereocenters. The van der Waals surface area contributed by atoms with Crippen LogP contribution in [0.2, 0.25) is 0 Å². The Morgan fingerprint density at radius 1 is 0.963 bits per heavy atom. The number of amides is 1. The van der Waals surface area contributed by atoms with Gasteiger partial charge in [-0.1, -0.05) is 34.1 Å². The van der Waals surface area contributed by atoms with Crippen LogP contribution < -0.4 is 5.32 Å². The van der Waals surface area contributed by atoms with Gasteiger partial charge in [-0.3, -0.25) is 9.78 Å². The number of nitrogens with zero attached hydrogens (tertiary/aromatic N) is 3. The van der Waals surface area contributed by atoms with Crippen LogP contribution in [-0.2, 0) is 0 Å². The van der Waals surface area contributed by atoms with Gasteiger partial charge in [-0.15, -0.1) is 0 Å². The quantitative estimate of drug-likeness (QED) is 0.509. The van der Waals surface area contributed by atoms with Crippen molar-refractivity contribution in [1.29, 1.82) is 0 Å². The van der Waals surface area contributed by atoms with Crippen molar-refractivity contribution in [3.05, 3.63) is 95.4 Å². The molecule has 1 amide bonds. The summed E-state index contributed by atoms with van der Waals surface area (Å²) in [5.41, 5.74) is 3.45. The zero-order valence-corrected chi connectivity index (χ0v) is 15.8. The number of hydrogen-bond acceptors (Lipinski definition) is 3. The van der Waals surface area contributed by atoms with Gasteiger partial charge in [0.1, 0.15) is 5.69 Å². The van der Waals surface area contributed by atoms with Crippen LogP contribution in [0, 0.1) is 0 Å². The first-order valence-corrected chi connectivity index (χ1v) is 9.12. The number of rotatable bonds is 4. The molecule has 4 aromatic rings. The fourth-order valence-corrected chi connectivity index (χ4v) is 2.97. The number of nitrogens with one attached hydrogen (secondary N) is 1. The van der Waals surface area contributed by atoms with Crippen LogP contribution in [0.25, 0.3) is 16.9 Å². The Morgan fingerprint density at radius 2 is 1.74 bits per heavy atom. The van der Waals surface area contributed by atoms with Gasteiger partial charge in [0.2, 0.25) is 0 Å². The minimum absolute atomic E-state index is 0.224. The average molecular weight is 419 g/mol. The van der Waals surface area contributed by atoms with Gasteiger partial charge in [0.25, 0.3) is 5.91 Å². The Morgan fingerprint density at radius 3 is 2.44 bits per heavy atom. The highest BCUT2D eigenvalue weighted by Crippen LogP contribution is 2.24. The van der Waals surface area contributed by atoms with E-state index in [-0.39, 0.29) is 5.91 Å². The van der Waals surface area contributed by atoms with E-state index < -0.39 is 0 Å². The number of carbonyl (C=O) groups excluding carboxylic acids is 1. The highest BCUT2D eigenvalue weighted by atomic mass is 79.9. The molecule has 2 aromatic heterocycles. The molecule has 27 heavy (non-hydrogen) atoms. The van der Waals surface area contributed by atoms with Gasteiger partial charge in [-0.05, 0) is 48.5 Å². The van der Waals surface area contributed by atoms with Crippen molar-refractivity contribution < 1.29 is 4.79 Å². The summed E-state index contributed by atoms with van der Waals surface area (Å²) in [4.78, 5) is 17.1. The third-order valence-electron chi connectivity index (χ3n) is 4.02. The summed E-state index contributed by atoms with van der Waals surface area (Å²) in [6, 6.07) is 20.8. The standard InChI is InChI=1S/C21H15BrN4O/c22-16-8-10-17(11-9-16)24-21(27)19-14-26(18-6-2-1-3-7-18)25-20(19)15-5-4-12-23-13-15/h1-14H,(H,24,27). The Balaban J connectivity index is 1.74. The molecule has 4 rings (SSSR count). The van der Waals surface area contributed by atoms with Crippen LogP contribution in [0.5, 0.6) is 0 Å². The molecule has 0 aliphatic carbocycles. The number of pyridine rings is 1. The Kier molecular flexibility index (Phi) is 4.80. The Hall–Kier alpha value is -3.25. The van der Waals surface area contributed by atoms with Crippen LogP contribution in [0.15, 0.2) is 89.8 Å². The summed E-state index contributed by atoms with van der Waals surface area (Å²) in [7, 11) is 0. The molecule has 0 unspecified atom stereocenters. The number of carbonyl (C=O) groups is 1. The third-order valence-corrected chi connectivity index (χ3v) is 4.55. The summed E-state index contributed by atoms with van der Waals surface area (Å²) in [6.45, 7) is 0. The van der Waals surface area contributed by atoms with E-state index in [0.717, 1.165) is 15.7 Å². The summed E-state index contributed by atoms with van der Waals surface area (Å²) >= 11 is 3.40.